The molecule has 0 radical (unpaired) electrons. The highest BCUT2D eigenvalue weighted by Crippen LogP contribution is 2.37. The van der Waals surface area contributed by atoms with Gasteiger partial charge in [-0.05, 0) is 67.1 Å². The number of carbonyl (C=O) groups is 1. The molecule has 1 amide bonds. The van der Waals surface area contributed by atoms with Gasteiger partial charge in [0.15, 0.2) is 0 Å². The Kier molecular flexibility index (Phi) is 6.66. The van der Waals surface area contributed by atoms with E-state index < -0.39 is 11.3 Å². The number of benzene rings is 3. The number of amides is 1. The van der Waals surface area contributed by atoms with Crippen molar-refractivity contribution in [2.45, 2.75) is 12.3 Å². The number of ether oxygens (including phenoxy) is 1. The second-order valence-corrected chi connectivity index (χ2v) is 8.87. The number of carbonyl (C=O) groups excluding carboxylic acids is 1. The van der Waals surface area contributed by atoms with E-state index in [1.165, 1.54) is 7.05 Å². The zero-order chi connectivity index (χ0) is 24.5. The first-order valence-electron chi connectivity index (χ1n) is 10.5. The first kappa shape index (κ1) is 23.8. The van der Waals surface area contributed by atoms with Crippen molar-refractivity contribution >= 4 is 29.1 Å². The maximum Gasteiger partial charge on any atom is 0.262 e. The van der Waals surface area contributed by atoms with E-state index in [0.717, 1.165) is 16.9 Å². The quantitative estimate of drug-likeness (QED) is 0.262. The summed E-state index contributed by atoms with van der Waals surface area (Å²) >= 11 is 12.2. The van der Waals surface area contributed by atoms with E-state index in [1.807, 2.05) is 42.5 Å². The minimum absolute atomic E-state index is 0.460. The molecule has 0 saturated carbocycles. The van der Waals surface area contributed by atoms with Crippen molar-refractivity contribution in [3.05, 3.63) is 100 Å². The standard InChI is InChI=1S/C26H23Cl2N3O3/c1-26(25(32)30(2)33,18-6-10-20(28)11-7-18)24-16-23(17-4-8-19(27)9-5-17)31(29-24)21-12-14-22(34-3)15-13-21/h4-16,33H,1-3H3. The molecule has 0 aliphatic carbocycles. The van der Waals surface area contributed by atoms with Gasteiger partial charge >= 0.3 is 0 Å². The van der Waals surface area contributed by atoms with Crippen molar-refractivity contribution in [1.82, 2.24) is 14.8 Å². The van der Waals surface area contributed by atoms with Crippen molar-refractivity contribution in [3.8, 4) is 22.7 Å². The van der Waals surface area contributed by atoms with Crippen LogP contribution in [0.2, 0.25) is 10.0 Å². The average molecular weight is 496 g/mol. The third-order valence-corrected chi connectivity index (χ3v) is 6.33. The van der Waals surface area contributed by atoms with Crippen LogP contribution < -0.4 is 4.74 Å². The van der Waals surface area contributed by atoms with E-state index in [1.54, 1.807) is 55.1 Å². The Morgan fingerprint density at radius 1 is 0.971 bits per heavy atom. The molecule has 1 atom stereocenters. The average Bonchev–Trinajstić information content (AvgIpc) is 3.30. The third-order valence-electron chi connectivity index (χ3n) is 5.82. The van der Waals surface area contributed by atoms with Crippen LogP contribution in [-0.4, -0.2) is 40.1 Å². The number of nitrogens with zero attached hydrogens (tertiary/aromatic N) is 3. The van der Waals surface area contributed by atoms with E-state index in [9.17, 15) is 10.0 Å². The van der Waals surface area contributed by atoms with Gasteiger partial charge in [-0.15, -0.1) is 0 Å². The Hall–Kier alpha value is -3.32. The Morgan fingerprint density at radius 2 is 1.53 bits per heavy atom. The van der Waals surface area contributed by atoms with Crippen molar-refractivity contribution < 1.29 is 14.7 Å². The topological polar surface area (TPSA) is 67.6 Å². The van der Waals surface area contributed by atoms with Crippen LogP contribution in [0.4, 0.5) is 0 Å². The Labute approximate surface area is 207 Å². The molecule has 8 heteroatoms. The maximum atomic E-state index is 13.3. The van der Waals surface area contributed by atoms with Gasteiger partial charge in [0.25, 0.3) is 5.91 Å². The van der Waals surface area contributed by atoms with Gasteiger partial charge in [-0.3, -0.25) is 10.0 Å². The van der Waals surface area contributed by atoms with Crippen LogP contribution in [-0.2, 0) is 10.2 Å². The highest BCUT2D eigenvalue weighted by molar-refractivity contribution is 6.30. The van der Waals surface area contributed by atoms with Crippen molar-refractivity contribution in [3.63, 3.8) is 0 Å². The third kappa shape index (κ3) is 4.40. The number of likely N-dealkylation sites (N-methyl/N-ethyl adjacent to an activating group) is 1. The Balaban J connectivity index is 1.96. The molecule has 4 rings (SSSR count). The molecule has 1 unspecified atom stereocenters. The fourth-order valence-corrected chi connectivity index (χ4v) is 4.11. The molecule has 0 aliphatic heterocycles. The van der Waals surface area contributed by atoms with Gasteiger partial charge in [0, 0.05) is 22.7 Å². The Morgan fingerprint density at radius 3 is 2.06 bits per heavy atom. The van der Waals surface area contributed by atoms with Crippen LogP contribution in [0.3, 0.4) is 0 Å². The molecule has 0 saturated heterocycles. The van der Waals surface area contributed by atoms with Gasteiger partial charge in [0.05, 0.1) is 24.2 Å². The predicted molar refractivity (Wildman–Crippen MR) is 133 cm³/mol. The lowest BCUT2D eigenvalue weighted by molar-refractivity contribution is -0.164. The lowest BCUT2D eigenvalue weighted by atomic mass is 9.78. The van der Waals surface area contributed by atoms with E-state index in [2.05, 4.69) is 0 Å². The first-order valence-corrected chi connectivity index (χ1v) is 11.2. The molecule has 0 fully saturated rings. The molecular formula is C26H23Cl2N3O3. The van der Waals surface area contributed by atoms with Crippen LogP contribution in [0, 0.1) is 0 Å². The summed E-state index contributed by atoms with van der Waals surface area (Å²) in [5.41, 5.74) is 2.21. The van der Waals surface area contributed by atoms with Crippen molar-refractivity contribution in [2.75, 3.05) is 14.2 Å². The summed E-state index contributed by atoms with van der Waals surface area (Å²) in [5.74, 6) is 0.184. The number of hydrogen-bond acceptors (Lipinski definition) is 4. The van der Waals surface area contributed by atoms with E-state index in [-0.39, 0.29) is 0 Å². The van der Waals surface area contributed by atoms with Gasteiger partial charge in [-0.1, -0.05) is 47.5 Å². The number of halogens is 2. The minimum atomic E-state index is -1.28. The smallest absolute Gasteiger partial charge is 0.262 e. The SMILES string of the molecule is COc1ccc(-n2nc(C(C)(C(=O)N(C)O)c3ccc(Cl)cc3)cc2-c2ccc(Cl)cc2)cc1. The largest absolute Gasteiger partial charge is 0.497 e. The molecule has 1 heterocycles. The molecule has 1 aromatic heterocycles. The zero-order valence-electron chi connectivity index (χ0n) is 18.9. The number of hydrogen-bond donors (Lipinski definition) is 1. The molecular weight excluding hydrogens is 473 g/mol. The number of hydroxylamine groups is 2. The van der Waals surface area contributed by atoms with Gasteiger partial charge in [0.2, 0.25) is 0 Å². The monoisotopic (exact) mass is 495 g/mol. The van der Waals surface area contributed by atoms with Crippen LogP contribution >= 0.6 is 23.2 Å². The van der Waals surface area contributed by atoms with E-state index in [0.29, 0.717) is 32.1 Å². The van der Waals surface area contributed by atoms with Gasteiger partial charge in [0.1, 0.15) is 11.2 Å². The van der Waals surface area contributed by atoms with Gasteiger partial charge in [-0.25, -0.2) is 9.75 Å². The lowest BCUT2D eigenvalue weighted by Crippen LogP contribution is -2.43. The fourth-order valence-electron chi connectivity index (χ4n) is 3.86. The number of rotatable bonds is 6. The molecule has 4 aromatic rings. The van der Waals surface area contributed by atoms with Gasteiger partial charge in [-0.2, -0.15) is 5.10 Å². The highest BCUT2D eigenvalue weighted by Gasteiger charge is 2.42. The van der Waals surface area contributed by atoms with Crippen LogP contribution in [0.25, 0.3) is 16.9 Å². The summed E-state index contributed by atoms with van der Waals surface area (Å²) in [6, 6.07) is 23.6. The molecule has 34 heavy (non-hydrogen) atoms. The molecule has 3 aromatic carbocycles. The summed E-state index contributed by atoms with van der Waals surface area (Å²) in [7, 11) is 2.91. The lowest BCUT2D eigenvalue weighted by Gasteiger charge is -2.29. The molecule has 6 nitrogen and oxygen atoms in total. The van der Waals surface area contributed by atoms with Crippen molar-refractivity contribution in [1.29, 1.82) is 0 Å². The highest BCUT2D eigenvalue weighted by atomic mass is 35.5. The van der Waals surface area contributed by atoms with Crippen LogP contribution in [0.15, 0.2) is 78.9 Å². The van der Waals surface area contributed by atoms with Crippen LogP contribution in [0.1, 0.15) is 18.2 Å². The summed E-state index contributed by atoms with van der Waals surface area (Å²) in [5, 5.41) is 16.7. The second-order valence-electron chi connectivity index (χ2n) is 7.99. The predicted octanol–water partition coefficient (Wildman–Crippen LogP) is 6.01. The fraction of sp³-hybridized carbons (Fsp3) is 0.154. The first-order chi connectivity index (χ1) is 16.2. The van der Waals surface area contributed by atoms with Gasteiger partial charge < -0.3 is 4.74 Å². The molecule has 0 bridgehead atoms. The number of aromatic nitrogens is 2. The van der Waals surface area contributed by atoms with Crippen molar-refractivity contribution in [2.24, 2.45) is 0 Å². The number of methoxy groups -OCH3 is 1. The minimum Gasteiger partial charge on any atom is -0.497 e. The van der Waals surface area contributed by atoms with E-state index in [4.69, 9.17) is 33.0 Å². The summed E-state index contributed by atoms with van der Waals surface area (Å²) in [6.45, 7) is 1.73. The molecule has 1 N–H and O–H groups in total. The normalized spacial score (nSPS) is 12.8. The molecule has 0 spiro atoms. The summed E-state index contributed by atoms with van der Waals surface area (Å²) in [6.07, 6.45) is 0. The summed E-state index contributed by atoms with van der Waals surface area (Å²) in [4.78, 5) is 13.3. The second kappa shape index (κ2) is 9.50. The molecule has 0 aliphatic rings. The maximum absolute atomic E-state index is 13.3. The molecule has 174 valence electrons. The van der Waals surface area contributed by atoms with Crippen LogP contribution in [0.5, 0.6) is 5.75 Å². The zero-order valence-corrected chi connectivity index (χ0v) is 20.4. The van der Waals surface area contributed by atoms with E-state index >= 15 is 0 Å². The Bertz CT molecular complexity index is 1300. The summed E-state index contributed by atoms with van der Waals surface area (Å²) < 4.78 is 7.05.